The van der Waals surface area contributed by atoms with Crippen molar-refractivity contribution in [1.82, 2.24) is 14.0 Å². The summed E-state index contributed by atoms with van der Waals surface area (Å²) in [5.41, 5.74) is 5.61. The van der Waals surface area contributed by atoms with E-state index < -0.39 is 10.2 Å². The fourth-order valence-corrected chi connectivity index (χ4v) is 3.43. The maximum Gasteiger partial charge on any atom is 0.279 e. The van der Waals surface area contributed by atoms with Gasteiger partial charge in [-0.1, -0.05) is 0 Å². The molecular weight excluding hydrogens is 268 g/mol. The number of hydrogen-bond donors (Lipinski definition) is 2. The average molecular weight is 288 g/mol. The van der Waals surface area contributed by atoms with Crippen LogP contribution in [0.5, 0.6) is 0 Å². The Morgan fingerprint density at radius 1 is 1.63 bits per heavy atom. The van der Waals surface area contributed by atoms with Gasteiger partial charge in [-0.25, -0.2) is 4.98 Å². The van der Waals surface area contributed by atoms with Crippen molar-refractivity contribution >= 4 is 10.2 Å². The first-order valence-corrected chi connectivity index (χ1v) is 7.81. The maximum atomic E-state index is 12.1. The molecule has 1 aliphatic heterocycles. The highest BCUT2D eigenvalue weighted by molar-refractivity contribution is 7.87. The fourth-order valence-electron chi connectivity index (χ4n) is 2.16. The van der Waals surface area contributed by atoms with Crippen molar-refractivity contribution in [3.63, 3.8) is 0 Å². The highest BCUT2D eigenvalue weighted by atomic mass is 32.2. The van der Waals surface area contributed by atoms with Gasteiger partial charge in [-0.2, -0.15) is 17.4 Å². The first-order valence-electron chi connectivity index (χ1n) is 6.37. The number of hydrogen-bond acceptors (Lipinski definition) is 5. The molecule has 0 bridgehead atoms. The number of nitrogens with zero attached hydrogens (tertiary/aromatic N) is 2. The van der Waals surface area contributed by atoms with Crippen molar-refractivity contribution in [2.75, 3.05) is 19.6 Å². The van der Waals surface area contributed by atoms with Gasteiger partial charge in [0.25, 0.3) is 10.2 Å². The van der Waals surface area contributed by atoms with Crippen molar-refractivity contribution in [1.29, 1.82) is 0 Å². The van der Waals surface area contributed by atoms with Gasteiger partial charge in [-0.05, 0) is 32.2 Å². The standard InChI is InChI=1S/C11H20N4O3S/c1-9-6-13-11(18-9)7-14-19(16,17)15-4-2-3-10(5-12)8-15/h6,10,14H,2-5,7-8,12H2,1H3. The topological polar surface area (TPSA) is 101 Å². The van der Waals surface area contributed by atoms with E-state index in [0.717, 1.165) is 12.8 Å². The normalized spacial score (nSPS) is 21.7. The van der Waals surface area contributed by atoms with Crippen LogP contribution in [0.1, 0.15) is 24.5 Å². The van der Waals surface area contributed by atoms with Crippen molar-refractivity contribution in [3.05, 3.63) is 17.8 Å². The molecule has 7 nitrogen and oxygen atoms in total. The minimum absolute atomic E-state index is 0.0694. The first-order chi connectivity index (χ1) is 9.01. The highest BCUT2D eigenvalue weighted by Gasteiger charge is 2.28. The monoisotopic (exact) mass is 288 g/mol. The Kier molecular flexibility index (Phi) is 4.56. The number of nitrogens with one attached hydrogen (secondary N) is 1. The van der Waals surface area contributed by atoms with Crippen LogP contribution in [-0.2, 0) is 16.8 Å². The van der Waals surface area contributed by atoms with Crippen LogP contribution >= 0.6 is 0 Å². The van der Waals surface area contributed by atoms with Crippen LogP contribution in [0.25, 0.3) is 0 Å². The predicted molar refractivity (Wildman–Crippen MR) is 70.4 cm³/mol. The summed E-state index contributed by atoms with van der Waals surface area (Å²) < 4.78 is 33.4. The van der Waals surface area contributed by atoms with Gasteiger partial charge in [0.1, 0.15) is 5.76 Å². The van der Waals surface area contributed by atoms with Crippen LogP contribution in [0.15, 0.2) is 10.6 Å². The zero-order valence-electron chi connectivity index (χ0n) is 11.0. The summed E-state index contributed by atoms with van der Waals surface area (Å²) in [6.07, 6.45) is 3.40. The Morgan fingerprint density at radius 2 is 2.42 bits per heavy atom. The van der Waals surface area contributed by atoms with Crippen LogP contribution in [0, 0.1) is 12.8 Å². The van der Waals surface area contributed by atoms with Crippen LogP contribution < -0.4 is 10.5 Å². The van der Waals surface area contributed by atoms with E-state index in [0.29, 0.717) is 31.3 Å². The summed E-state index contributed by atoms with van der Waals surface area (Å²) in [7, 11) is -3.49. The summed E-state index contributed by atoms with van der Waals surface area (Å²) in [4.78, 5) is 3.96. The second-order valence-corrected chi connectivity index (χ2v) is 6.55. The first kappa shape index (κ1) is 14.4. The molecule has 1 aromatic rings. The smallest absolute Gasteiger partial charge is 0.279 e. The second-order valence-electron chi connectivity index (χ2n) is 4.79. The lowest BCUT2D eigenvalue weighted by atomic mass is 10.0. The van der Waals surface area contributed by atoms with E-state index in [4.69, 9.17) is 10.2 Å². The molecule has 1 aliphatic rings. The maximum absolute atomic E-state index is 12.1. The number of rotatable bonds is 5. The van der Waals surface area contributed by atoms with Crippen molar-refractivity contribution in [3.8, 4) is 0 Å². The van der Waals surface area contributed by atoms with Crippen molar-refractivity contribution in [2.45, 2.75) is 26.3 Å². The molecule has 3 N–H and O–H groups in total. The molecule has 1 unspecified atom stereocenters. The zero-order valence-corrected chi connectivity index (χ0v) is 11.8. The molecule has 108 valence electrons. The molecule has 0 saturated carbocycles. The third-order valence-electron chi connectivity index (χ3n) is 3.23. The average Bonchev–Trinajstić information content (AvgIpc) is 2.82. The van der Waals surface area contributed by atoms with E-state index in [1.165, 1.54) is 4.31 Å². The molecule has 1 fully saturated rings. The molecular formula is C11H20N4O3S. The quantitative estimate of drug-likeness (QED) is 0.793. The summed E-state index contributed by atoms with van der Waals surface area (Å²) in [5, 5.41) is 0. The molecule has 1 saturated heterocycles. The molecule has 19 heavy (non-hydrogen) atoms. The number of nitrogens with two attached hydrogens (primary N) is 1. The van der Waals surface area contributed by atoms with Gasteiger partial charge >= 0.3 is 0 Å². The third-order valence-corrected chi connectivity index (χ3v) is 4.75. The van der Waals surface area contributed by atoms with E-state index in [9.17, 15) is 8.42 Å². The molecule has 0 amide bonds. The van der Waals surface area contributed by atoms with Crippen LogP contribution in [0.2, 0.25) is 0 Å². The third kappa shape index (κ3) is 3.75. The van der Waals surface area contributed by atoms with Crippen molar-refractivity contribution in [2.24, 2.45) is 11.7 Å². The Labute approximate surface area is 113 Å². The lowest BCUT2D eigenvalue weighted by Gasteiger charge is -2.31. The number of aromatic nitrogens is 1. The van der Waals surface area contributed by atoms with Gasteiger partial charge < -0.3 is 10.2 Å². The number of piperidine rings is 1. The van der Waals surface area contributed by atoms with E-state index in [1.54, 1.807) is 13.1 Å². The molecule has 2 heterocycles. The Hall–Kier alpha value is -0.960. The number of oxazole rings is 1. The Morgan fingerprint density at radius 3 is 3.05 bits per heavy atom. The summed E-state index contributed by atoms with van der Waals surface area (Å²) in [6.45, 7) is 3.37. The van der Waals surface area contributed by atoms with Gasteiger partial charge in [0, 0.05) is 13.1 Å². The minimum atomic E-state index is -3.49. The molecule has 2 rings (SSSR count). The van der Waals surface area contributed by atoms with E-state index in [2.05, 4.69) is 9.71 Å². The molecule has 0 aromatic carbocycles. The van der Waals surface area contributed by atoms with Gasteiger partial charge in [0.05, 0.1) is 12.7 Å². The number of aryl methyl sites for hydroxylation is 1. The Bertz CT molecular complexity index is 514. The van der Waals surface area contributed by atoms with Gasteiger partial charge in [-0.15, -0.1) is 0 Å². The molecule has 8 heteroatoms. The minimum Gasteiger partial charge on any atom is -0.445 e. The van der Waals surface area contributed by atoms with Gasteiger partial charge in [0.2, 0.25) is 5.89 Å². The molecule has 0 aliphatic carbocycles. The van der Waals surface area contributed by atoms with Crippen LogP contribution in [0.4, 0.5) is 0 Å². The summed E-state index contributed by atoms with van der Waals surface area (Å²) >= 11 is 0. The highest BCUT2D eigenvalue weighted by Crippen LogP contribution is 2.17. The Balaban J connectivity index is 1.94. The summed E-state index contributed by atoms with van der Waals surface area (Å²) in [5.74, 6) is 1.28. The zero-order chi connectivity index (χ0) is 13.9. The van der Waals surface area contributed by atoms with Gasteiger partial charge in [0.15, 0.2) is 0 Å². The molecule has 1 atom stereocenters. The molecule has 0 radical (unpaired) electrons. The van der Waals surface area contributed by atoms with E-state index in [-0.39, 0.29) is 12.5 Å². The fraction of sp³-hybridized carbons (Fsp3) is 0.727. The van der Waals surface area contributed by atoms with Crippen LogP contribution in [-0.4, -0.2) is 37.3 Å². The van der Waals surface area contributed by atoms with Crippen molar-refractivity contribution < 1.29 is 12.8 Å². The van der Waals surface area contributed by atoms with Gasteiger partial charge in [-0.3, -0.25) is 0 Å². The molecule has 0 spiro atoms. The lowest BCUT2D eigenvalue weighted by molar-refractivity contribution is 0.268. The lowest BCUT2D eigenvalue weighted by Crippen LogP contribution is -2.47. The second kappa shape index (κ2) is 6.00. The van der Waals surface area contributed by atoms with Crippen LogP contribution in [0.3, 0.4) is 0 Å². The van der Waals surface area contributed by atoms with E-state index in [1.807, 2.05) is 0 Å². The summed E-state index contributed by atoms with van der Waals surface area (Å²) in [6, 6.07) is 0. The SMILES string of the molecule is Cc1cnc(CNS(=O)(=O)N2CCCC(CN)C2)o1. The predicted octanol–water partition coefficient (Wildman–Crippen LogP) is -0.0119. The largest absolute Gasteiger partial charge is 0.445 e. The molecule has 1 aromatic heterocycles. The van der Waals surface area contributed by atoms with E-state index >= 15 is 0 Å².